The van der Waals surface area contributed by atoms with Crippen molar-refractivity contribution < 1.29 is 23.0 Å². The molecule has 1 aromatic rings. The molecule has 1 aliphatic heterocycles. The Bertz CT molecular complexity index is 407. The van der Waals surface area contributed by atoms with Gasteiger partial charge in [-0.05, 0) is 26.0 Å². The molecule has 1 aliphatic rings. The highest BCUT2D eigenvalue weighted by Gasteiger charge is 2.32. The molecule has 0 bridgehead atoms. The largest absolute Gasteiger partial charge is 0.491 e. The van der Waals surface area contributed by atoms with Gasteiger partial charge in [-0.25, -0.2) is 8.78 Å². The van der Waals surface area contributed by atoms with Crippen LogP contribution < -0.4 is 4.74 Å². The summed E-state index contributed by atoms with van der Waals surface area (Å²) in [6, 6.07) is 5.90. The lowest BCUT2D eigenvalue weighted by Crippen LogP contribution is -2.25. The molecule has 1 aromatic carbocycles. The van der Waals surface area contributed by atoms with E-state index in [1.807, 2.05) is 13.8 Å². The van der Waals surface area contributed by atoms with Crippen LogP contribution in [-0.2, 0) is 9.47 Å². The Balaban J connectivity index is 1.89. The Labute approximate surface area is 105 Å². The van der Waals surface area contributed by atoms with Crippen molar-refractivity contribution in [2.24, 2.45) is 0 Å². The van der Waals surface area contributed by atoms with Crippen molar-refractivity contribution in [2.75, 3.05) is 13.2 Å². The summed E-state index contributed by atoms with van der Waals surface area (Å²) in [5.74, 6) is -0.181. The van der Waals surface area contributed by atoms with Crippen molar-refractivity contribution in [3.63, 3.8) is 0 Å². The van der Waals surface area contributed by atoms with Crippen molar-refractivity contribution >= 4 is 0 Å². The maximum absolute atomic E-state index is 12.5. The van der Waals surface area contributed by atoms with E-state index in [0.29, 0.717) is 12.4 Å². The van der Waals surface area contributed by atoms with Gasteiger partial charge in [-0.1, -0.05) is 12.1 Å². The Hall–Kier alpha value is -1.20. The third kappa shape index (κ3) is 3.40. The van der Waals surface area contributed by atoms with Gasteiger partial charge in [-0.15, -0.1) is 0 Å². The molecule has 5 heteroatoms. The van der Waals surface area contributed by atoms with Gasteiger partial charge < -0.3 is 14.2 Å². The van der Waals surface area contributed by atoms with Gasteiger partial charge in [0.25, 0.3) is 6.43 Å². The Morgan fingerprint density at radius 1 is 1.44 bits per heavy atom. The first-order chi connectivity index (χ1) is 8.46. The topological polar surface area (TPSA) is 27.7 Å². The minimum atomic E-state index is -2.49. The molecule has 3 nitrogen and oxygen atoms in total. The lowest BCUT2D eigenvalue weighted by molar-refractivity contribution is -0.141. The molecule has 1 fully saturated rings. The van der Waals surface area contributed by atoms with E-state index in [1.165, 1.54) is 12.1 Å². The second kappa shape index (κ2) is 5.20. The fourth-order valence-corrected chi connectivity index (χ4v) is 1.77. The number of hydrogen-bond acceptors (Lipinski definition) is 3. The minimum absolute atomic E-state index is 0.0450. The molecule has 1 atom stereocenters. The Morgan fingerprint density at radius 3 is 2.83 bits per heavy atom. The Morgan fingerprint density at radius 2 is 2.22 bits per heavy atom. The number of ether oxygens (including phenoxy) is 3. The molecular weight excluding hydrogens is 242 g/mol. The van der Waals surface area contributed by atoms with Crippen LogP contribution in [0.4, 0.5) is 8.78 Å². The fourth-order valence-electron chi connectivity index (χ4n) is 1.77. The van der Waals surface area contributed by atoms with Gasteiger partial charge in [0.1, 0.15) is 18.5 Å². The Kier molecular flexibility index (Phi) is 3.82. The standard InChI is InChI=1S/C13H16F2O3/c1-13(2)17-8-11(18-13)7-16-10-5-3-4-9(6-10)12(14)15/h3-6,11-12H,7-8H2,1-2H3/t11-/m0/s1. The molecule has 100 valence electrons. The third-order valence-corrected chi connectivity index (χ3v) is 2.61. The molecular formula is C13H16F2O3. The van der Waals surface area contributed by atoms with E-state index >= 15 is 0 Å². The van der Waals surface area contributed by atoms with Crippen LogP contribution in [-0.4, -0.2) is 25.1 Å². The monoisotopic (exact) mass is 258 g/mol. The maximum atomic E-state index is 12.5. The average molecular weight is 258 g/mol. The summed E-state index contributed by atoms with van der Waals surface area (Å²) in [6.07, 6.45) is -2.66. The molecule has 0 aliphatic carbocycles. The van der Waals surface area contributed by atoms with E-state index in [2.05, 4.69) is 0 Å². The lowest BCUT2D eigenvalue weighted by atomic mass is 10.2. The van der Waals surface area contributed by atoms with Crippen molar-refractivity contribution in [2.45, 2.75) is 32.2 Å². The van der Waals surface area contributed by atoms with Crippen LogP contribution in [0.2, 0.25) is 0 Å². The summed E-state index contributed by atoms with van der Waals surface area (Å²) in [5.41, 5.74) is -0.0450. The normalized spacial score (nSPS) is 22.4. The fraction of sp³-hybridized carbons (Fsp3) is 0.538. The lowest BCUT2D eigenvalue weighted by Gasteiger charge is -2.17. The zero-order valence-electron chi connectivity index (χ0n) is 10.4. The molecule has 1 saturated heterocycles. The van der Waals surface area contributed by atoms with Gasteiger partial charge in [0, 0.05) is 5.56 Å². The van der Waals surface area contributed by atoms with Crippen LogP contribution >= 0.6 is 0 Å². The number of halogens is 2. The highest BCUT2D eigenvalue weighted by molar-refractivity contribution is 5.29. The first-order valence-electron chi connectivity index (χ1n) is 5.79. The predicted octanol–water partition coefficient (Wildman–Crippen LogP) is 3.15. The predicted molar refractivity (Wildman–Crippen MR) is 61.8 cm³/mol. The van der Waals surface area contributed by atoms with E-state index in [-0.39, 0.29) is 18.3 Å². The van der Waals surface area contributed by atoms with Crippen LogP contribution in [0.3, 0.4) is 0 Å². The van der Waals surface area contributed by atoms with Crippen LogP contribution in [0.15, 0.2) is 24.3 Å². The van der Waals surface area contributed by atoms with Crippen LogP contribution in [0, 0.1) is 0 Å². The van der Waals surface area contributed by atoms with E-state index in [1.54, 1.807) is 12.1 Å². The van der Waals surface area contributed by atoms with Crippen molar-refractivity contribution in [3.05, 3.63) is 29.8 Å². The molecule has 0 aromatic heterocycles. The van der Waals surface area contributed by atoms with E-state index in [4.69, 9.17) is 14.2 Å². The van der Waals surface area contributed by atoms with Crippen molar-refractivity contribution in [1.82, 2.24) is 0 Å². The molecule has 0 spiro atoms. The quantitative estimate of drug-likeness (QED) is 0.830. The second-order valence-corrected chi connectivity index (χ2v) is 4.63. The molecule has 0 amide bonds. The minimum Gasteiger partial charge on any atom is -0.491 e. The number of rotatable bonds is 4. The summed E-state index contributed by atoms with van der Waals surface area (Å²) < 4.78 is 41.3. The highest BCUT2D eigenvalue weighted by Crippen LogP contribution is 2.25. The summed E-state index contributed by atoms with van der Waals surface area (Å²) in [4.78, 5) is 0. The molecule has 0 saturated carbocycles. The molecule has 18 heavy (non-hydrogen) atoms. The average Bonchev–Trinajstić information content (AvgIpc) is 2.67. The summed E-state index contributed by atoms with van der Waals surface area (Å²) in [6.45, 7) is 4.38. The highest BCUT2D eigenvalue weighted by atomic mass is 19.3. The zero-order valence-corrected chi connectivity index (χ0v) is 10.4. The second-order valence-electron chi connectivity index (χ2n) is 4.63. The van der Waals surface area contributed by atoms with Gasteiger partial charge >= 0.3 is 0 Å². The van der Waals surface area contributed by atoms with E-state index < -0.39 is 12.2 Å². The SMILES string of the molecule is CC1(C)OC[C@H](COc2cccc(C(F)F)c2)O1. The van der Waals surface area contributed by atoms with Crippen LogP contribution in [0.5, 0.6) is 5.75 Å². The zero-order chi connectivity index (χ0) is 13.2. The van der Waals surface area contributed by atoms with Crippen molar-refractivity contribution in [1.29, 1.82) is 0 Å². The van der Waals surface area contributed by atoms with Gasteiger partial charge in [-0.2, -0.15) is 0 Å². The third-order valence-electron chi connectivity index (χ3n) is 2.61. The number of alkyl halides is 2. The summed E-state index contributed by atoms with van der Waals surface area (Å²) in [7, 11) is 0. The smallest absolute Gasteiger partial charge is 0.263 e. The molecule has 0 radical (unpaired) electrons. The number of hydrogen-bond donors (Lipinski definition) is 0. The van der Waals surface area contributed by atoms with Gasteiger partial charge in [0.15, 0.2) is 5.79 Å². The first-order valence-corrected chi connectivity index (χ1v) is 5.79. The summed E-state index contributed by atoms with van der Waals surface area (Å²) in [5, 5.41) is 0. The molecule has 1 heterocycles. The maximum Gasteiger partial charge on any atom is 0.263 e. The van der Waals surface area contributed by atoms with Gasteiger partial charge in [0.2, 0.25) is 0 Å². The van der Waals surface area contributed by atoms with Gasteiger partial charge in [0.05, 0.1) is 6.61 Å². The number of benzene rings is 1. The molecule has 0 N–H and O–H groups in total. The molecule has 2 rings (SSSR count). The van der Waals surface area contributed by atoms with E-state index in [0.717, 1.165) is 0 Å². The molecule has 0 unspecified atom stereocenters. The van der Waals surface area contributed by atoms with Gasteiger partial charge in [-0.3, -0.25) is 0 Å². The summed E-state index contributed by atoms with van der Waals surface area (Å²) >= 11 is 0. The van der Waals surface area contributed by atoms with Crippen LogP contribution in [0.1, 0.15) is 25.8 Å². The first kappa shape index (κ1) is 13.2. The van der Waals surface area contributed by atoms with Crippen molar-refractivity contribution in [3.8, 4) is 5.75 Å². The van der Waals surface area contributed by atoms with Crippen LogP contribution in [0.25, 0.3) is 0 Å². The van der Waals surface area contributed by atoms with E-state index in [9.17, 15) is 8.78 Å².